The summed E-state index contributed by atoms with van der Waals surface area (Å²) in [5.74, 6) is -0.0470. The number of nitrogens with zero attached hydrogens (tertiary/aromatic N) is 3. The van der Waals surface area contributed by atoms with Crippen molar-refractivity contribution in [3.63, 3.8) is 0 Å². The zero-order valence-electron chi connectivity index (χ0n) is 26.6. The number of hydrogen-bond donors (Lipinski definition) is 1. The molecule has 2 fully saturated rings. The minimum absolute atomic E-state index is 0.00793. The van der Waals surface area contributed by atoms with Gasteiger partial charge in [-0.05, 0) is 72.5 Å². The second kappa shape index (κ2) is 14.4. The lowest BCUT2D eigenvalue weighted by Gasteiger charge is -2.34. The number of sulfone groups is 1. The zero-order chi connectivity index (χ0) is 33.8. The smallest absolute Gasteiger partial charge is 0.387 e. The van der Waals surface area contributed by atoms with Gasteiger partial charge in [-0.25, -0.2) is 8.42 Å². The van der Waals surface area contributed by atoms with E-state index in [0.29, 0.717) is 60.7 Å². The van der Waals surface area contributed by atoms with Crippen LogP contribution >= 0.6 is 0 Å². The third kappa shape index (κ3) is 8.38. The normalized spacial score (nSPS) is 16.8. The maximum Gasteiger partial charge on any atom is 0.387 e. The number of nitrogens with one attached hydrogen (secondary N) is 1. The molecule has 0 radical (unpaired) electrons. The molecule has 2 saturated heterocycles. The van der Waals surface area contributed by atoms with Crippen LogP contribution in [0.3, 0.4) is 0 Å². The van der Waals surface area contributed by atoms with Crippen LogP contribution < -0.4 is 10.1 Å². The number of amides is 2. The Balaban J connectivity index is 0.972. The van der Waals surface area contributed by atoms with Crippen molar-refractivity contribution >= 4 is 32.6 Å². The maximum absolute atomic E-state index is 13.3. The van der Waals surface area contributed by atoms with Crippen LogP contribution in [0.4, 0.5) is 8.78 Å². The van der Waals surface area contributed by atoms with Crippen LogP contribution in [0, 0.1) is 0 Å². The van der Waals surface area contributed by atoms with Gasteiger partial charge in [0, 0.05) is 75.6 Å². The van der Waals surface area contributed by atoms with E-state index in [-0.39, 0.29) is 29.4 Å². The Morgan fingerprint density at radius 3 is 2.06 bits per heavy atom. The average molecular weight is 681 g/mol. The monoisotopic (exact) mass is 680 g/mol. The van der Waals surface area contributed by atoms with Gasteiger partial charge in [-0.2, -0.15) is 8.78 Å². The molecular weight excluding hydrogens is 642 g/mol. The van der Waals surface area contributed by atoms with Gasteiger partial charge >= 0.3 is 6.61 Å². The van der Waals surface area contributed by atoms with Crippen molar-refractivity contribution in [3.05, 3.63) is 95.2 Å². The van der Waals surface area contributed by atoms with E-state index < -0.39 is 16.4 Å². The molecule has 254 valence electrons. The number of piperazine rings is 1. The van der Waals surface area contributed by atoms with Crippen LogP contribution in [0.5, 0.6) is 5.75 Å². The predicted molar refractivity (Wildman–Crippen MR) is 176 cm³/mol. The minimum atomic E-state index is -3.23. The molecule has 10 nitrogen and oxygen atoms in total. The van der Waals surface area contributed by atoms with Gasteiger partial charge in [-0.1, -0.05) is 24.3 Å². The molecule has 0 bridgehead atoms. The van der Waals surface area contributed by atoms with E-state index in [0.717, 1.165) is 37.1 Å². The predicted octanol–water partition coefficient (Wildman–Crippen LogP) is 4.79. The number of alkyl halides is 2. The molecule has 1 aromatic heterocycles. The number of hydrogen-bond acceptors (Lipinski definition) is 8. The molecule has 2 amide bonds. The van der Waals surface area contributed by atoms with Crippen LogP contribution in [-0.4, -0.2) is 93.1 Å². The highest BCUT2D eigenvalue weighted by Gasteiger charge is 2.25. The fourth-order valence-electron chi connectivity index (χ4n) is 6.21. The van der Waals surface area contributed by atoms with Crippen molar-refractivity contribution in [3.8, 4) is 5.75 Å². The van der Waals surface area contributed by atoms with Crippen LogP contribution in [0.1, 0.15) is 44.9 Å². The summed E-state index contributed by atoms with van der Waals surface area (Å²) in [6.45, 7) is 2.59. The highest BCUT2D eigenvalue weighted by molar-refractivity contribution is 7.90. The van der Waals surface area contributed by atoms with E-state index in [1.165, 1.54) is 18.4 Å². The topological polar surface area (TPSA) is 112 Å². The Bertz CT molecular complexity index is 1850. The number of carbonyl (C=O) groups excluding carboxylic acids is 2. The fourth-order valence-corrected chi connectivity index (χ4v) is 6.84. The van der Waals surface area contributed by atoms with Gasteiger partial charge < -0.3 is 19.4 Å². The average Bonchev–Trinajstić information content (AvgIpc) is 3.50. The quantitative estimate of drug-likeness (QED) is 0.255. The standard InChI is InChI=1S/C35H38F2N4O6S/c1-48(44,45)30-9-4-25(5-10-30)23-40-16-18-41(19-17-40)34(43)26-6-11-31-27(20-26)21-32(47-31)33(42)38-28-12-14-39(15-13-28)22-24-2-7-29(8-3-24)46-35(36)37/h2-11,20-21,28,35H,12-19,22-23H2,1H3,(H,38,42). The zero-order valence-corrected chi connectivity index (χ0v) is 27.4. The maximum atomic E-state index is 13.3. The van der Waals surface area contributed by atoms with Crippen molar-refractivity contribution in [1.29, 1.82) is 0 Å². The number of piperidine rings is 1. The first-order valence-corrected chi connectivity index (χ1v) is 17.8. The van der Waals surface area contributed by atoms with Crippen LogP contribution in [0.25, 0.3) is 11.0 Å². The summed E-state index contributed by atoms with van der Waals surface area (Å²) in [4.78, 5) is 33.0. The molecule has 3 aromatic carbocycles. The molecular formula is C35H38F2N4O6S. The summed E-state index contributed by atoms with van der Waals surface area (Å²) < 4.78 is 58.5. The van der Waals surface area contributed by atoms with E-state index in [4.69, 9.17) is 4.42 Å². The molecule has 48 heavy (non-hydrogen) atoms. The fraction of sp³-hybridized carbons (Fsp3) is 0.371. The lowest BCUT2D eigenvalue weighted by atomic mass is 10.0. The SMILES string of the molecule is CS(=O)(=O)c1ccc(CN2CCN(C(=O)c3ccc4oc(C(=O)NC5CCN(Cc6ccc(OC(F)F)cc6)CC5)cc4c3)CC2)cc1. The molecule has 0 atom stereocenters. The highest BCUT2D eigenvalue weighted by atomic mass is 32.2. The van der Waals surface area contributed by atoms with Gasteiger partial charge in [0.15, 0.2) is 15.6 Å². The number of benzene rings is 3. The molecule has 0 spiro atoms. The number of halogens is 2. The number of carbonyl (C=O) groups is 2. The largest absolute Gasteiger partial charge is 0.451 e. The number of likely N-dealkylation sites (tertiary alicyclic amines) is 1. The van der Waals surface area contributed by atoms with Crippen molar-refractivity contribution < 1.29 is 35.9 Å². The number of rotatable bonds is 10. The van der Waals surface area contributed by atoms with Crippen LogP contribution in [0.15, 0.2) is 82.1 Å². The Morgan fingerprint density at radius 1 is 0.854 bits per heavy atom. The first kappa shape index (κ1) is 33.6. The van der Waals surface area contributed by atoms with Crippen LogP contribution in [0.2, 0.25) is 0 Å². The molecule has 2 aliphatic rings. The molecule has 1 N–H and O–H groups in total. The Kier molecular flexibility index (Phi) is 10.1. The van der Waals surface area contributed by atoms with E-state index in [2.05, 4.69) is 19.9 Å². The molecule has 0 unspecified atom stereocenters. The molecule has 13 heteroatoms. The number of ether oxygens (including phenoxy) is 1. The first-order valence-electron chi connectivity index (χ1n) is 15.9. The number of furan rings is 1. The van der Waals surface area contributed by atoms with Crippen molar-refractivity contribution in [1.82, 2.24) is 20.0 Å². The highest BCUT2D eigenvalue weighted by Crippen LogP contribution is 2.24. The van der Waals surface area contributed by atoms with Gasteiger partial charge in [0.2, 0.25) is 0 Å². The van der Waals surface area contributed by atoms with E-state index in [1.54, 1.807) is 48.5 Å². The van der Waals surface area contributed by atoms with Gasteiger partial charge in [0.05, 0.1) is 4.90 Å². The molecule has 6 rings (SSSR count). The van der Waals surface area contributed by atoms with E-state index in [1.807, 2.05) is 17.0 Å². The summed E-state index contributed by atoms with van der Waals surface area (Å²) in [6, 6.07) is 20.4. The third-order valence-electron chi connectivity index (χ3n) is 8.88. The van der Waals surface area contributed by atoms with Gasteiger partial charge in [-0.3, -0.25) is 19.4 Å². The second-order valence-corrected chi connectivity index (χ2v) is 14.4. The lowest BCUT2D eigenvalue weighted by Crippen LogP contribution is -2.48. The van der Waals surface area contributed by atoms with Crippen molar-refractivity contribution in [2.24, 2.45) is 0 Å². The summed E-state index contributed by atoms with van der Waals surface area (Å²) >= 11 is 0. The molecule has 0 aliphatic carbocycles. The summed E-state index contributed by atoms with van der Waals surface area (Å²) in [5, 5.41) is 3.75. The van der Waals surface area contributed by atoms with Gasteiger partial charge in [-0.15, -0.1) is 0 Å². The Labute approximate surface area is 278 Å². The molecule has 3 heterocycles. The van der Waals surface area contributed by atoms with Gasteiger partial charge in [0.1, 0.15) is 11.3 Å². The second-order valence-electron chi connectivity index (χ2n) is 12.4. The van der Waals surface area contributed by atoms with Crippen molar-refractivity contribution in [2.75, 3.05) is 45.5 Å². The summed E-state index contributed by atoms with van der Waals surface area (Å²) in [6.07, 6.45) is 2.72. The molecule has 4 aromatic rings. The van der Waals surface area contributed by atoms with Crippen molar-refractivity contribution in [2.45, 2.75) is 43.5 Å². The third-order valence-corrected chi connectivity index (χ3v) is 10.0. The number of fused-ring (bicyclic) bond motifs is 1. The van der Waals surface area contributed by atoms with E-state index >= 15 is 0 Å². The summed E-state index contributed by atoms with van der Waals surface area (Å²) in [7, 11) is -3.23. The Morgan fingerprint density at radius 2 is 1.46 bits per heavy atom. The van der Waals surface area contributed by atoms with E-state index in [9.17, 15) is 26.8 Å². The minimum Gasteiger partial charge on any atom is -0.451 e. The summed E-state index contributed by atoms with van der Waals surface area (Å²) in [5.41, 5.74) is 3.08. The first-order chi connectivity index (χ1) is 23.0. The van der Waals surface area contributed by atoms with Crippen LogP contribution in [-0.2, 0) is 22.9 Å². The lowest BCUT2D eigenvalue weighted by molar-refractivity contribution is -0.0498. The Hall–Kier alpha value is -4.33. The molecule has 2 aliphatic heterocycles. The van der Waals surface area contributed by atoms with Gasteiger partial charge in [0.25, 0.3) is 11.8 Å². The molecule has 0 saturated carbocycles.